The lowest BCUT2D eigenvalue weighted by atomic mass is 10.2. The van der Waals surface area contributed by atoms with E-state index in [1.54, 1.807) is 0 Å². The lowest BCUT2D eigenvalue weighted by Crippen LogP contribution is -2.33. The van der Waals surface area contributed by atoms with Gasteiger partial charge in [0.15, 0.2) is 0 Å². The first-order valence-corrected chi connectivity index (χ1v) is 5.16. The van der Waals surface area contributed by atoms with Crippen molar-refractivity contribution in [1.82, 2.24) is 5.32 Å². The van der Waals surface area contributed by atoms with Crippen molar-refractivity contribution in [3.8, 4) is 0 Å². The van der Waals surface area contributed by atoms with E-state index in [9.17, 15) is 0 Å². The molecule has 2 atom stereocenters. The molecule has 0 spiro atoms. The zero-order chi connectivity index (χ0) is 10.1. The predicted octanol–water partition coefficient (Wildman–Crippen LogP) is 2.36. The van der Waals surface area contributed by atoms with Crippen LogP contribution in [-0.2, 0) is 4.74 Å². The number of nitrogens with one attached hydrogen (secondary N) is 1. The fourth-order valence-electron chi connectivity index (χ4n) is 1.18. The molecule has 0 aliphatic heterocycles. The molecule has 0 saturated carbocycles. The molecule has 0 aliphatic rings. The van der Waals surface area contributed by atoms with Crippen molar-refractivity contribution in [2.24, 2.45) is 0 Å². The summed E-state index contributed by atoms with van der Waals surface area (Å²) < 4.78 is 5.41. The van der Waals surface area contributed by atoms with Crippen molar-refractivity contribution in [2.45, 2.75) is 45.8 Å². The Kier molecular flexibility index (Phi) is 8.05. The molecule has 2 nitrogen and oxygen atoms in total. The first-order valence-electron chi connectivity index (χ1n) is 5.16. The average molecular weight is 185 g/mol. The molecular weight excluding hydrogens is 162 g/mol. The van der Waals surface area contributed by atoms with Gasteiger partial charge < -0.3 is 10.1 Å². The van der Waals surface area contributed by atoms with Crippen LogP contribution in [0.1, 0.15) is 33.6 Å². The maximum Gasteiger partial charge on any atom is 0.0671 e. The number of allylic oxidation sites excluding steroid dienone is 1. The second-order valence-corrected chi connectivity index (χ2v) is 3.44. The lowest BCUT2D eigenvalue weighted by Gasteiger charge is -2.17. The fraction of sp³-hybridized carbons (Fsp3) is 0.818. The Morgan fingerprint density at radius 1 is 1.46 bits per heavy atom. The maximum atomic E-state index is 5.41. The Bertz CT molecular complexity index is 125. The van der Waals surface area contributed by atoms with Crippen LogP contribution in [0.25, 0.3) is 0 Å². The summed E-state index contributed by atoms with van der Waals surface area (Å²) in [4.78, 5) is 0. The first-order chi connectivity index (χ1) is 6.20. The van der Waals surface area contributed by atoms with E-state index in [0.717, 1.165) is 26.0 Å². The van der Waals surface area contributed by atoms with Crippen molar-refractivity contribution in [2.75, 3.05) is 13.2 Å². The lowest BCUT2D eigenvalue weighted by molar-refractivity contribution is 0.0742. The van der Waals surface area contributed by atoms with E-state index >= 15 is 0 Å². The van der Waals surface area contributed by atoms with E-state index < -0.39 is 0 Å². The molecule has 2 heteroatoms. The van der Waals surface area contributed by atoms with Crippen LogP contribution in [0.4, 0.5) is 0 Å². The standard InChI is InChI=1S/C11H23NO/c1-5-7-8-10(3)12-9-11(4)13-6-2/h5,10-12H,1,6-9H2,2-4H3. The normalized spacial score (nSPS) is 15.3. The highest BCUT2D eigenvalue weighted by Crippen LogP contribution is 1.97. The summed E-state index contributed by atoms with van der Waals surface area (Å²) >= 11 is 0. The largest absolute Gasteiger partial charge is 0.377 e. The Hall–Kier alpha value is -0.340. The van der Waals surface area contributed by atoms with Gasteiger partial charge in [-0.25, -0.2) is 0 Å². The zero-order valence-electron chi connectivity index (χ0n) is 9.18. The van der Waals surface area contributed by atoms with Crippen LogP contribution in [0.3, 0.4) is 0 Å². The van der Waals surface area contributed by atoms with Gasteiger partial charge in [0.1, 0.15) is 0 Å². The number of hydrogen-bond acceptors (Lipinski definition) is 2. The van der Waals surface area contributed by atoms with E-state index in [2.05, 4.69) is 25.7 Å². The summed E-state index contributed by atoms with van der Waals surface area (Å²) in [7, 11) is 0. The smallest absolute Gasteiger partial charge is 0.0671 e. The molecule has 13 heavy (non-hydrogen) atoms. The van der Waals surface area contributed by atoms with Crippen LogP contribution in [0.5, 0.6) is 0 Å². The SMILES string of the molecule is C=CCCC(C)NCC(C)OCC. The molecule has 0 rings (SSSR count). The second kappa shape index (κ2) is 8.27. The number of hydrogen-bond donors (Lipinski definition) is 1. The van der Waals surface area contributed by atoms with Crippen molar-refractivity contribution >= 4 is 0 Å². The van der Waals surface area contributed by atoms with Crippen LogP contribution >= 0.6 is 0 Å². The molecule has 1 N–H and O–H groups in total. The average Bonchev–Trinajstić information content (AvgIpc) is 2.12. The van der Waals surface area contributed by atoms with Crippen molar-refractivity contribution < 1.29 is 4.74 Å². The summed E-state index contributed by atoms with van der Waals surface area (Å²) in [6.07, 6.45) is 4.51. The minimum absolute atomic E-state index is 0.316. The number of rotatable bonds is 8. The highest BCUT2D eigenvalue weighted by molar-refractivity contribution is 4.71. The minimum Gasteiger partial charge on any atom is -0.377 e. The molecule has 0 aromatic heterocycles. The molecule has 78 valence electrons. The van der Waals surface area contributed by atoms with Crippen molar-refractivity contribution in [3.63, 3.8) is 0 Å². The second-order valence-electron chi connectivity index (χ2n) is 3.44. The van der Waals surface area contributed by atoms with Crippen LogP contribution in [-0.4, -0.2) is 25.3 Å². The molecule has 0 heterocycles. The van der Waals surface area contributed by atoms with Gasteiger partial charge in [-0.2, -0.15) is 0 Å². The molecule has 0 radical (unpaired) electrons. The molecule has 0 aromatic rings. The Morgan fingerprint density at radius 3 is 2.69 bits per heavy atom. The summed E-state index contributed by atoms with van der Waals surface area (Å²) in [6, 6.07) is 0.556. The fourth-order valence-corrected chi connectivity index (χ4v) is 1.18. The van der Waals surface area contributed by atoms with E-state index in [4.69, 9.17) is 4.74 Å². The van der Waals surface area contributed by atoms with Gasteiger partial charge in [0.05, 0.1) is 6.10 Å². The van der Waals surface area contributed by atoms with Gasteiger partial charge >= 0.3 is 0 Å². The van der Waals surface area contributed by atoms with E-state index in [0.29, 0.717) is 12.1 Å². The van der Waals surface area contributed by atoms with Crippen LogP contribution in [0, 0.1) is 0 Å². The zero-order valence-corrected chi connectivity index (χ0v) is 9.18. The molecule has 0 aromatic carbocycles. The van der Waals surface area contributed by atoms with Crippen molar-refractivity contribution in [1.29, 1.82) is 0 Å². The van der Waals surface area contributed by atoms with Gasteiger partial charge in [0.25, 0.3) is 0 Å². The molecule has 0 aliphatic carbocycles. The van der Waals surface area contributed by atoms with E-state index in [1.807, 2.05) is 13.0 Å². The summed E-state index contributed by atoms with van der Waals surface area (Å²) in [6.45, 7) is 11.8. The first kappa shape index (κ1) is 12.7. The number of ether oxygens (including phenoxy) is 1. The molecular formula is C11H23NO. The van der Waals surface area contributed by atoms with Crippen LogP contribution < -0.4 is 5.32 Å². The van der Waals surface area contributed by atoms with E-state index in [1.165, 1.54) is 0 Å². The highest BCUT2D eigenvalue weighted by atomic mass is 16.5. The topological polar surface area (TPSA) is 21.3 Å². The third-order valence-electron chi connectivity index (χ3n) is 2.01. The highest BCUT2D eigenvalue weighted by Gasteiger charge is 2.03. The molecule has 0 bridgehead atoms. The Balaban J connectivity index is 3.33. The minimum atomic E-state index is 0.316. The molecule has 0 fully saturated rings. The summed E-state index contributed by atoms with van der Waals surface area (Å²) in [5.74, 6) is 0. The molecule has 0 amide bonds. The molecule has 2 unspecified atom stereocenters. The maximum absolute atomic E-state index is 5.41. The third kappa shape index (κ3) is 8.00. The van der Waals surface area contributed by atoms with Crippen LogP contribution in [0.2, 0.25) is 0 Å². The van der Waals surface area contributed by atoms with Gasteiger partial charge in [-0.3, -0.25) is 0 Å². The van der Waals surface area contributed by atoms with Gasteiger partial charge in [0.2, 0.25) is 0 Å². The van der Waals surface area contributed by atoms with Crippen molar-refractivity contribution in [3.05, 3.63) is 12.7 Å². The summed E-state index contributed by atoms with van der Waals surface area (Å²) in [5, 5.41) is 3.43. The van der Waals surface area contributed by atoms with Gasteiger partial charge in [0, 0.05) is 19.2 Å². The third-order valence-corrected chi connectivity index (χ3v) is 2.01. The van der Waals surface area contributed by atoms with Gasteiger partial charge in [-0.05, 0) is 33.6 Å². The summed E-state index contributed by atoms with van der Waals surface area (Å²) in [5.41, 5.74) is 0. The Labute approximate surface area is 82.4 Å². The van der Waals surface area contributed by atoms with E-state index in [-0.39, 0.29) is 0 Å². The predicted molar refractivity (Wildman–Crippen MR) is 58.0 cm³/mol. The Morgan fingerprint density at radius 2 is 2.15 bits per heavy atom. The van der Waals surface area contributed by atoms with Gasteiger partial charge in [-0.1, -0.05) is 6.08 Å². The monoisotopic (exact) mass is 185 g/mol. The quantitative estimate of drug-likeness (QED) is 0.586. The van der Waals surface area contributed by atoms with Gasteiger partial charge in [-0.15, -0.1) is 6.58 Å². The van der Waals surface area contributed by atoms with Crippen LogP contribution in [0.15, 0.2) is 12.7 Å². The molecule has 0 saturated heterocycles.